The van der Waals surface area contributed by atoms with E-state index in [9.17, 15) is 13.4 Å². The van der Waals surface area contributed by atoms with Crippen molar-refractivity contribution in [3.8, 4) is 0 Å². The SMILES string of the molecule is Cc1cc(CS(=O)c2ccc(F)c(Cl)c2)oc1C(=O)O. The fourth-order valence-corrected chi connectivity index (χ4v) is 2.94. The van der Waals surface area contributed by atoms with Gasteiger partial charge in [-0.25, -0.2) is 9.18 Å². The van der Waals surface area contributed by atoms with Crippen molar-refractivity contribution >= 4 is 28.4 Å². The van der Waals surface area contributed by atoms with Crippen molar-refractivity contribution in [1.29, 1.82) is 0 Å². The molecule has 0 radical (unpaired) electrons. The van der Waals surface area contributed by atoms with Gasteiger partial charge < -0.3 is 9.52 Å². The van der Waals surface area contributed by atoms with Crippen molar-refractivity contribution in [3.63, 3.8) is 0 Å². The van der Waals surface area contributed by atoms with Gasteiger partial charge >= 0.3 is 5.97 Å². The maximum atomic E-state index is 13.0. The van der Waals surface area contributed by atoms with Crippen molar-refractivity contribution in [1.82, 2.24) is 0 Å². The second-order valence-electron chi connectivity index (χ2n) is 4.10. The molecule has 0 bridgehead atoms. The number of carbonyl (C=O) groups is 1. The first-order valence-electron chi connectivity index (χ1n) is 5.54. The molecule has 0 aliphatic heterocycles. The molecular weight excluding hydrogens is 307 g/mol. The van der Waals surface area contributed by atoms with Crippen LogP contribution in [0.1, 0.15) is 21.9 Å². The number of furan rings is 1. The zero-order valence-electron chi connectivity index (χ0n) is 10.4. The van der Waals surface area contributed by atoms with Crippen LogP contribution in [0.4, 0.5) is 4.39 Å². The molecule has 0 saturated carbocycles. The molecule has 1 N–H and O–H groups in total. The Morgan fingerprint density at radius 2 is 2.15 bits per heavy atom. The predicted octanol–water partition coefficient (Wildman–Crippen LogP) is 3.39. The highest BCUT2D eigenvalue weighted by Crippen LogP contribution is 2.22. The minimum absolute atomic E-state index is 0.00389. The number of carboxylic acids is 1. The first-order chi connectivity index (χ1) is 9.38. The van der Waals surface area contributed by atoms with Gasteiger partial charge in [0.05, 0.1) is 21.6 Å². The topological polar surface area (TPSA) is 67.5 Å². The molecule has 106 valence electrons. The molecule has 0 saturated heterocycles. The average Bonchev–Trinajstić information content (AvgIpc) is 2.73. The maximum absolute atomic E-state index is 13.0. The van der Waals surface area contributed by atoms with Crippen LogP contribution in [-0.2, 0) is 16.6 Å². The Morgan fingerprint density at radius 1 is 1.45 bits per heavy atom. The molecule has 7 heteroatoms. The van der Waals surface area contributed by atoms with Crippen LogP contribution in [0.15, 0.2) is 33.6 Å². The van der Waals surface area contributed by atoms with E-state index in [0.29, 0.717) is 16.2 Å². The summed E-state index contributed by atoms with van der Waals surface area (Å²) in [6.45, 7) is 1.59. The lowest BCUT2D eigenvalue weighted by Gasteiger charge is -2.01. The molecule has 2 rings (SSSR count). The van der Waals surface area contributed by atoms with Gasteiger partial charge in [0.1, 0.15) is 11.6 Å². The lowest BCUT2D eigenvalue weighted by Crippen LogP contribution is -1.97. The summed E-state index contributed by atoms with van der Waals surface area (Å²) in [5.41, 5.74) is 0.460. The average molecular weight is 317 g/mol. The molecule has 20 heavy (non-hydrogen) atoms. The van der Waals surface area contributed by atoms with Crippen LogP contribution < -0.4 is 0 Å². The van der Waals surface area contributed by atoms with Crippen LogP contribution in [-0.4, -0.2) is 15.3 Å². The molecule has 0 aliphatic rings. The number of hydrogen-bond donors (Lipinski definition) is 1. The van der Waals surface area contributed by atoms with Gasteiger partial charge in [-0.2, -0.15) is 0 Å². The zero-order valence-corrected chi connectivity index (χ0v) is 11.9. The smallest absolute Gasteiger partial charge is 0.372 e. The van der Waals surface area contributed by atoms with Gasteiger partial charge in [-0.15, -0.1) is 0 Å². The third-order valence-electron chi connectivity index (χ3n) is 2.59. The Labute approximate surface area is 121 Å². The second kappa shape index (κ2) is 5.76. The van der Waals surface area contributed by atoms with E-state index in [1.165, 1.54) is 18.2 Å². The number of rotatable bonds is 4. The van der Waals surface area contributed by atoms with E-state index in [0.717, 1.165) is 6.07 Å². The van der Waals surface area contributed by atoms with Gasteiger partial charge in [0.15, 0.2) is 0 Å². The summed E-state index contributed by atoms with van der Waals surface area (Å²) in [5.74, 6) is -1.65. The van der Waals surface area contributed by atoms with Crippen LogP contribution in [0.3, 0.4) is 0 Å². The molecule has 2 aromatic rings. The molecular formula is C13H10ClFO4S. The number of aromatic carboxylic acids is 1. The van der Waals surface area contributed by atoms with E-state index in [1.807, 2.05) is 0 Å². The fourth-order valence-electron chi connectivity index (χ4n) is 1.66. The van der Waals surface area contributed by atoms with E-state index in [4.69, 9.17) is 21.1 Å². The van der Waals surface area contributed by atoms with Gasteiger partial charge in [-0.1, -0.05) is 11.6 Å². The molecule has 1 aromatic carbocycles. The highest BCUT2D eigenvalue weighted by atomic mass is 35.5. The molecule has 4 nitrogen and oxygen atoms in total. The first-order valence-corrected chi connectivity index (χ1v) is 7.24. The first kappa shape index (κ1) is 14.7. The molecule has 0 aliphatic carbocycles. The Bertz CT molecular complexity index is 696. The minimum Gasteiger partial charge on any atom is -0.475 e. The van der Waals surface area contributed by atoms with E-state index in [1.54, 1.807) is 6.92 Å². The van der Waals surface area contributed by atoms with Gasteiger partial charge in [0, 0.05) is 10.5 Å². The maximum Gasteiger partial charge on any atom is 0.372 e. The van der Waals surface area contributed by atoms with E-state index < -0.39 is 22.6 Å². The molecule has 1 atom stereocenters. The van der Waals surface area contributed by atoms with Crippen LogP contribution >= 0.6 is 11.6 Å². The Balaban J connectivity index is 2.21. The summed E-state index contributed by atoms with van der Waals surface area (Å²) in [6.07, 6.45) is 0. The monoisotopic (exact) mass is 316 g/mol. The number of carboxylic acid groups (broad SMARTS) is 1. The third-order valence-corrected chi connectivity index (χ3v) is 4.21. The molecule has 1 heterocycles. The van der Waals surface area contributed by atoms with Gasteiger partial charge in [0.25, 0.3) is 0 Å². The van der Waals surface area contributed by atoms with Crippen molar-refractivity contribution in [2.45, 2.75) is 17.6 Å². The van der Waals surface area contributed by atoms with Crippen molar-refractivity contribution in [2.75, 3.05) is 0 Å². The summed E-state index contributed by atoms with van der Waals surface area (Å²) < 4.78 is 30.2. The van der Waals surface area contributed by atoms with E-state index >= 15 is 0 Å². The van der Waals surface area contributed by atoms with E-state index in [-0.39, 0.29) is 16.5 Å². The number of benzene rings is 1. The summed E-state index contributed by atoms with van der Waals surface area (Å²) >= 11 is 5.62. The molecule has 0 fully saturated rings. The summed E-state index contributed by atoms with van der Waals surface area (Å²) in [5, 5.41) is 8.76. The fraction of sp³-hybridized carbons (Fsp3) is 0.154. The third kappa shape index (κ3) is 3.08. The lowest BCUT2D eigenvalue weighted by atomic mass is 10.3. The van der Waals surface area contributed by atoms with Gasteiger partial charge in [0.2, 0.25) is 5.76 Å². The number of aryl methyl sites for hydroxylation is 1. The second-order valence-corrected chi connectivity index (χ2v) is 5.95. The van der Waals surface area contributed by atoms with Crippen molar-refractivity contribution in [3.05, 3.63) is 52.2 Å². The summed E-state index contributed by atoms with van der Waals surface area (Å²) in [6, 6.07) is 5.30. The van der Waals surface area contributed by atoms with Crippen LogP contribution in [0, 0.1) is 12.7 Å². The Hall–Kier alpha value is -1.66. The highest BCUT2D eigenvalue weighted by Gasteiger charge is 2.16. The quantitative estimate of drug-likeness (QED) is 0.939. The van der Waals surface area contributed by atoms with Crippen molar-refractivity contribution in [2.24, 2.45) is 0 Å². The predicted molar refractivity (Wildman–Crippen MR) is 71.9 cm³/mol. The number of halogens is 2. The van der Waals surface area contributed by atoms with Gasteiger partial charge in [-0.05, 0) is 31.2 Å². The highest BCUT2D eigenvalue weighted by molar-refractivity contribution is 7.84. The minimum atomic E-state index is -1.50. The van der Waals surface area contributed by atoms with Crippen LogP contribution in [0.5, 0.6) is 0 Å². The van der Waals surface area contributed by atoms with Gasteiger partial charge in [-0.3, -0.25) is 4.21 Å². The molecule has 0 spiro atoms. The summed E-state index contributed by atoms with van der Waals surface area (Å²) in [7, 11) is -1.50. The Kier molecular flexibility index (Phi) is 4.25. The molecule has 1 unspecified atom stereocenters. The number of hydrogen-bond acceptors (Lipinski definition) is 3. The van der Waals surface area contributed by atoms with Crippen molar-refractivity contribution < 1.29 is 22.9 Å². The largest absolute Gasteiger partial charge is 0.475 e. The molecule has 0 amide bonds. The van der Waals surface area contributed by atoms with Crippen LogP contribution in [0.25, 0.3) is 0 Å². The standard InChI is InChI=1S/C13H10ClFO4S/c1-7-4-8(19-12(7)13(16)17)6-20(18)9-2-3-11(15)10(14)5-9/h2-5H,6H2,1H3,(H,16,17). The lowest BCUT2D eigenvalue weighted by molar-refractivity contribution is 0.0659. The van der Waals surface area contributed by atoms with E-state index in [2.05, 4.69) is 0 Å². The zero-order chi connectivity index (χ0) is 14.9. The molecule has 1 aromatic heterocycles. The Morgan fingerprint density at radius 3 is 2.70 bits per heavy atom. The van der Waals surface area contributed by atoms with Crippen LogP contribution in [0.2, 0.25) is 5.02 Å². The summed E-state index contributed by atoms with van der Waals surface area (Å²) in [4.78, 5) is 11.2. The normalized spacial score (nSPS) is 12.3.